The van der Waals surface area contributed by atoms with E-state index in [0.29, 0.717) is 17.3 Å². The number of benzene rings is 1. The molecule has 0 bridgehead atoms. The highest BCUT2D eigenvalue weighted by molar-refractivity contribution is 7.99. The molecule has 7 heteroatoms. The second kappa shape index (κ2) is 6.78. The summed E-state index contributed by atoms with van der Waals surface area (Å²) in [6, 6.07) is 12.4. The van der Waals surface area contributed by atoms with Crippen molar-refractivity contribution in [2.24, 2.45) is 0 Å². The van der Waals surface area contributed by atoms with Gasteiger partial charge in [0, 0.05) is 17.3 Å². The first kappa shape index (κ1) is 17.1. The van der Waals surface area contributed by atoms with Crippen molar-refractivity contribution in [1.82, 2.24) is 9.55 Å². The van der Waals surface area contributed by atoms with Gasteiger partial charge in [-0.3, -0.25) is 4.79 Å². The molecule has 1 atom stereocenters. The Bertz CT molecular complexity index is 971. The van der Waals surface area contributed by atoms with Gasteiger partial charge in [-0.2, -0.15) is 0 Å². The smallest absolute Gasteiger partial charge is 0.318 e. The molecule has 0 N–H and O–H groups in total. The van der Waals surface area contributed by atoms with Crippen LogP contribution in [0.5, 0.6) is 5.88 Å². The minimum absolute atomic E-state index is 0.122. The van der Waals surface area contributed by atoms with Crippen LogP contribution >= 0.6 is 23.4 Å². The lowest BCUT2D eigenvalue weighted by Crippen LogP contribution is -2.36. The van der Waals surface area contributed by atoms with Crippen LogP contribution in [0.15, 0.2) is 53.8 Å². The van der Waals surface area contributed by atoms with Crippen LogP contribution in [0.4, 0.5) is 0 Å². The number of fused-ring (bicyclic) bond motifs is 1. The average molecular weight is 386 g/mol. The summed E-state index contributed by atoms with van der Waals surface area (Å²) in [6.45, 7) is 2.44. The molecule has 0 radical (unpaired) electrons. The highest BCUT2D eigenvalue weighted by atomic mass is 35.5. The number of nitrogens with zero attached hydrogens (tertiary/aromatic N) is 3. The van der Waals surface area contributed by atoms with Crippen molar-refractivity contribution in [2.75, 3.05) is 5.75 Å². The van der Waals surface area contributed by atoms with Gasteiger partial charge in [0.15, 0.2) is 0 Å². The molecule has 0 saturated carbocycles. The normalized spacial score (nSPS) is 15.8. The molecule has 26 heavy (non-hydrogen) atoms. The molecule has 132 valence electrons. The van der Waals surface area contributed by atoms with E-state index in [1.165, 1.54) is 0 Å². The zero-order valence-electron chi connectivity index (χ0n) is 14.1. The van der Waals surface area contributed by atoms with E-state index in [4.69, 9.17) is 11.6 Å². The number of thioether (sulfide) groups is 1. The molecule has 3 aromatic rings. The van der Waals surface area contributed by atoms with Crippen LogP contribution in [0.2, 0.25) is 5.15 Å². The summed E-state index contributed by atoms with van der Waals surface area (Å²) >= 11 is 7.49. The van der Waals surface area contributed by atoms with Crippen molar-refractivity contribution >= 4 is 29.1 Å². The Balaban J connectivity index is 1.88. The number of halogens is 1. The number of rotatable bonds is 4. The van der Waals surface area contributed by atoms with Gasteiger partial charge in [-0.25, -0.2) is 14.1 Å². The highest BCUT2D eigenvalue weighted by Crippen LogP contribution is 2.40. The molecule has 0 aliphatic carbocycles. The largest absolute Gasteiger partial charge is 0.839 e. The lowest BCUT2D eigenvalue weighted by Gasteiger charge is -2.12. The fourth-order valence-electron chi connectivity index (χ4n) is 3.25. The fourth-order valence-corrected chi connectivity index (χ4v) is 4.74. The fraction of sp³-hybridized carbons (Fsp3) is 0.211. The first-order valence-electron chi connectivity index (χ1n) is 8.30. The Morgan fingerprint density at radius 3 is 2.77 bits per heavy atom. The lowest BCUT2D eigenvalue weighted by atomic mass is 10.1. The molecule has 0 fully saturated rings. The number of hydrogen-bond acceptors (Lipinski definition) is 4. The molecular weight excluding hydrogens is 370 g/mol. The number of pyridine rings is 1. The highest BCUT2D eigenvalue weighted by Gasteiger charge is 2.41. The number of carbonyl (C=O) groups excluding carboxylic acids is 1. The second-order valence-electron chi connectivity index (χ2n) is 5.99. The number of aromatic nitrogens is 3. The van der Waals surface area contributed by atoms with Crippen molar-refractivity contribution in [3.05, 3.63) is 70.6 Å². The van der Waals surface area contributed by atoms with Crippen molar-refractivity contribution < 1.29 is 14.5 Å². The van der Waals surface area contributed by atoms with Gasteiger partial charge in [0.05, 0.1) is 12.3 Å². The molecule has 5 nitrogen and oxygen atoms in total. The third-order valence-electron chi connectivity index (χ3n) is 4.51. The predicted molar refractivity (Wildman–Crippen MR) is 97.7 cm³/mol. The maximum Gasteiger partial charge on any atom is 0.318 e. The van der Waals surface area contributed by atoms with Crippen molar-refractivity contribution in [2.45, 2.75) is 24.7 Å². The average Bonchev–Trinajstić information content (AvgIpc) is 3.19. The van der Waals surface area contributed by atoms with Crippen LogP contribution < -0.4 is 9.67 Å². The molecule has 2 aromatic heterocycles. The van der Waals surface area contributed by atoms with E-state index in [9.17, 15) is 9.90 Å². The van der Waals surface area contributed by atoms with E-state index in [0.717, 1.165) is 16.5 Å². The molecular formula is C19H16ClN3O2S. The molecule has 0 spiro atoms. The van der Waals surface area contributed by atoms with Crippen LogP contribution in [-0.2, 0) is 6.54 Å². The van der Waals surface area contributed by atoms with Gasteiger partial charge in [-0.15, -0.1) is 0 Å². The van der Waals surface area contributed by atoms with Gasteiger partial charge in [-0.1, -0.05) is 48.0 Å². The van der Waals surface area contributed by atoms with Crippen LogP contribution in [0.25, 0.3) is 0 Å². The molecule has 0 saturated heterocycles. The number of carbonyl (C=O) groups is 1. The first-order valence-corrected chi connectivity index (χ1v) is 9.67. The van der Waals surface area contributed by atoms with Crippen molar-refractivity contribution in [1.29, 1.82) is 0 Å². The van der Waals surface area contributed by atoms with Crippen LogP contribution in [0.1, 0.15) is 34.6 Å². The molecule has 1 aliphatic rings. The molecule has 1 unspecified atom stereocenters. The summed E-state index contributed by atoms with van der Waals surface area (Å²) in [6.07, 6.45) is 1.71. The minimum atomic E-state index is -0.251. The second-order valence-corrected chi connectivity index (χ2v) is 7.36. The zero-order valence-corrected chi connectivity index (χ0v) is 15.6. The lowest BCUT2D eigenvalue weighted by molar-refractivity contribution is -0.763. The third-order valence-corrected chi connectivity index (χ3v) is 5.89. The Morgan fingerprint density at radius 2 is 2.12 bits per heavy atom. The number of ketones is 1. The quantitative estimate of drug-likeness (QED) is 0.393. The molecule has 0 amide bonds. The number of imidazole rings is 1. The Morgan fingerprint density at radius 1 is 1.35 bits per heavy atom. The van der Waals surface area contributed by atoms with Gasteiger partial charge in [-0.05, 0) is 24.8 Å². The standard InChI is InChI=1S/C19H16ClN3O2S/c1-2-22-18(25)16(17(24)12-6-4-3-5-7-12)23-14(11-26-19(22)23)13-8-9-15(20)21-10-13/h3-10,14H,2,11H2,1H3. The summed E-state index contributed by atoms with van der Waals surface area (Å²) in [4.78, 5) is 17.3. The third kappa shape index (κ3) is 2.70. The summed E-state index contributed by atoms with van der Waals surface area (Å²) in [7, 11) is 0. The molecule has 4 rings (SSSR count). The van der Waals surface area contributed by atoms with Gasteiger partial charge in [0.25, 0.3) is 0 Å². The van der Waals surface area contributed by atoms with E-state index >= 15 is 0 Å². The summed E-state index contributed by atoms with van der Waals surface area (Å²) in [5.74, 6) is 0.252. The van der Waals surface area contributed by atoms with E-state index in [2.05, 4.69) is 4.98 Å². The number of hydrogen-bond donors (Lipinski definition) is 0. The van der Waals surface area contributed by atoms with Crippen LogP contribution in [0.3, 0.4) is 0 Å². The van der Waals surface area contributed by atoms with Crippen molar-refractivity contribution in [3.63, 3.8) is 0 Å². The van der Waals surface area contributed by atoms with Gasteiger partial charge < -0.3 is 5.11 Å². The predicted octanol–water partition coefficient (Wildman–Crippen LogP) is 2.84. The monoisotopic (exact) mass is 385 g/mol. The van der Waals surface area contributed by atoms with E-state index in [-0.39, 0.29) is 23.4 Å². The van der Waals surface area contributed by atoms with E-state index < -0.39 is 0 Å². The Kier molecular flexibility index (Phi) is 4.46. The summed E-state index contributed by atoms with van der Waals surface area (Å²) in [5.41, 5.74) is 1.65. The van der Waals surface area contributed by atoms with E-state index in [1.807, 2.05) is 23.6 Å². The Hall–Kier alpha value is -2.31. The molecule has 1 aliphatic heterocycles. The van der Waals surface area contributed by atoms with Crippen molar-refractivity contribution in [3.8, 4) is 5.88 Å². The van der Waals surface area contributed by atoms with Gasteiger partial charge in [0.2, 0.25) is 11.5 Å². The van der Waals surface area contributed by atoms with Gasteiger partial charge in [0.1, 0.15) is 17.1 Å². The molecule has 1 aromatic carbocycles. The maximum absolute atomic E-state index is 13.1. The topological polar surface area (TPSA) is 61.8 Å². The van der Waals surface area contributed by atoms with E-state index in [1.54, 1.807) is 52.9 Å². The summed E-state index contributed by atoms with van der Waals surface area (Å²) < 4.78 is 3.54. The zero-order chi connectivity index (χ0) is 18.3. The first-order chi connectivity index (χ1) is 12.6. The summed E-state index contributed by atoms with van der Waals surface area (Å²) in [5, 5.41) is 14.2. The Labute approximate surface area is 160 Å². The van der Waals surface area contributed by atoms with Crippen LogP contribution in [-0.4, -0.2) is 21.1 Å². The SMILES string of the molecule is CC[n+]1c([O-])c(C(=O)c2ccccc2)n2c1SCC2c1ccc(Cl)nc1. The molecule has 3 heterocycles. The van der Waals surface area contributed by atoms with Crippen LogP contribution in [0, 0.1) is 0 Å². The maximum atomic E-state index is 13.1. The van der Waals surface area contributed by atoms with Gasteiger partial charge >= 0.3 is 5.16 Å². The minimum Gasteiger partial charge on any atom is -0.839 e.